The van der Waals surface area contributed by atoms with Crippen LogP contribution in [0.5, 0.6) is 0 Å². The summed E-state index contributed by atoms with van der Waals surface area (Å²) in [6, 6.07) is 15.9. The molecule has 22 heavy (non-hydrogen) atoms. The van der Waals surface area contributed by atoms with E-state index in [0.29, 0.717) is 5.65 Å². The number of benzene rings is 1. The first-order valence-corrected chi connectivity index (χ1v) is 7.46. The zero-order valence-electron chi connectivity index (χ0n) is 12.9. The molecule has 0 aliphatic carbocycles. The van der Waals surface area contributed by atoms with Gasteiger partial charge in [0.2, 0.25) is 0 Å². The Bertz CT molecular complexity index is 840. The van der Waals surface area contributed by atoms with Gasteiger partial charge in [-0.25, -0.2) is 4.98 Å². The molecular weight excluding hydrogens is 274 g/mol. The monoisotopic (exact) mass is 294 g/mol. The fraction of sp³-hybridized carbons (Fsp3) is 0.222. The normalized spacial score (nSPS) is 12.5. The molecule has 1 N–H and O–H groups in total. The molecule has 1 atom stereocenters. The van der Waals surface area contributed by atoms with Gasteiger partial charge in [-0.1, -0.05) is 36.4 Å². The maximum absolute atomic E-state index is 12.2. The molecule has 0 radical (unpaired) electrons. The third-order valence-electron chi connectivity index (χ3n) is 3.69. The summed E-state index contributed by atoms with van der Waals surface area (Å²) in [6.45, 7) is 3.61. The first-order valence-electron chi connectivity index (χ1n) is 7.46. The summed E-state index contributed by atoms with van der Waals surface area (Å²) in [7, 11) is 2.12. The van der Waals surface area contributed by atoms with Crippen LogP contribution in [0.3, 0.4) is 0 Å². The first-order chi connectivity index (χ1) is 10.6. The summed E-state index contributed by atoms with van der Waals surface area (Å²) in [4.78, 5) is 18.1. The van der Waals surface area contributed by atoms with Crippen LogP contribution in [0.2, 0.25) is 0 Å². The molecule has 2 heterocycles. The Kier molecular flexibility index (Phi) is 4.02. The van der Waals surface area contributed by atoms with Crippen molar-refractivity contribution in [1.82, 2.24) is 9.38 Å². The number of fused-ring (bicyclic) bond motifs is 1. The van der Waals surface area contributed by atoms with E-state index < -0.39 is 0 Å². The van der Waals surface area contributed by atoms with E-state index in [1.807, 2.05) is 43.5 Å². The van der Waals surface area contributed by atoms with Crippen LogP contribution in [0, 0.1) is 6.92 Å². The Hall–Kier alpha value is -2.46. The molecule has 1 unspecified atom stereocenters. The second kappa shape index (κ2) is 6.12. The second-order valence-electron chi connectivity index (χ2n) is 5.82. The van der Waals surface area contributed by atoms with Crippen LogP contribution >= 0.6 is 0 Å². The molecule has 0 saturated heterocycles. The minimum absolute atomic E-state index is 0.0174. The summed E-state index contributed by atoms with van der Waals surface area (Å²) in [6.07, 6.45) is 1.83. The van der Waals surface area contributed by atoms with Crippen LogP contribution in [0.15, 0.2) is 59.5 Å². The number of aryl methyl sites for hydroxylation is 1. The van der Waals surface area contributed by atoms with E-state index in [0.717, 1.165) is 24.3 Å². The third-order valence-corrected chi connectivity index (χ3v) is 3.69. The topological polar surface area (TPSA) is 38.8 Å². The highest BCUT2D eigenvalue weighted by Crippen LogP contribution is 2.02. The summed E-state index contributed by atoms with van der Waals surface area (Å²) in [5, 5.41) is 0. The van der Waals surface area contributed by atoms with Crippen LogP contribution in [0.1, 0.15) is 16.8 Å². The van der Waals surface area contributed by atoms with Gasteiger partial charge in [0, 0.05) is 17.8 Å². The van der Waals surface area contributed by atoms with E-state index in [1.165, 1.54) is 10.5 Å². The molecule has 0 aliphatic rings. The fourth-order valence-electron chi connectivity index (χ4n) is 2.66. The van der Waals surface area contributed by atoms with E-state index in [1.54, 1.807) is 10.5 Å². The van der Waals surface area contributed by atoms with Crippen LogP contribution < -0.4 is 10.5 Å². The highest BCUT2D eigenvalue weighted by atomic mass is 16.1. The molecule has 4 nitrogen and oxygen atoms in total. The molecule has 0 fully saturated rings. The van der Waals surface area contributed by atoms with Gasteiger partial charge in [0.25, 0.3) is 5.56 Å². The lowest BCUT2D eigenvalue weighted by Crippen LogP contribution is -3.06. The Morgan fingerprint density at radius 3 is 2.64 bits per heavy atom. The molecule has 0 saturated carbocycles. The molecular formula is C18H20N3O+. The van der Waals surface area contributed by atoms with Crippen molar-refractivity contribution in [3.63, 3.8) is 0 Å². The van der Waals surface area contributed by atoms with Gasteiger partial charge in [0.1, 0.15) is 24.4 Å². The van der Waals surface area contributed by atoms with Gasteiger partial charge in [0.05, 0.1) is 7.05 Å². The predicted molar refractivity (Wildman–Crippen MR) is 86.9 cm³/mol. The van der Waals surface area contributed by atoms with Crippen LogP contribution in [-0.4, -0.2) is 16.4 Å². The van der Waals surface area contributed by atoms with Crippen LogP contribution in [0.25, 0.3) is 5.65 Å². The van der Waals surface area contributed by atoms with Gasteiger partial charge in [-0.05, 0) is 18.6 Å². The van der Waals surface area contributed by atoms with Crippen molar-refractivity contribution in [2.24, 2.45) is 0 Å². The number of nitrogens with one attached hydrogen (secondary N) is 1. The fourth-order valence-corrected chi connectivity index (χ4v) is 2.66. The molecule has 112 valence electrons. The number of hydrogen-bond donors (Lipinski definition) is 1. The molecule has 4 heteroatoms. The summed E-state index contributed by atoms with van der Waals surface area (Å²) < 4.78 is 1.60. The van der Waals surface area contributed by atoms with E-state index in [-0.39, 0.29) is 5.56 Å². The number of nitrogens with zero attached hydrogens (tertiary/aromatic N) is 2. The van der Waals surface area contributed by atoms with Crippen LogP contribution in [-0.2, 0) is 13.1 Å². The highest BCUT2D eigenvalue weighted by molar-refractivity contribution is 5.39. The van der Waals surface area contributed by atoms with Crippen molar-refractivity contribution >= 4 is 5.65 Å². The molecule has 2 aromatic heterocycles. The maximum Gasteiger partial charge on any atom is 0.258 e. The minimum Gasteiger partial charge on any atom is -0.329 e. The number of quaternary nitrogens is 1. The lowest BCUT2D eigenvalue weighted by Gasteiger charge is -2.14. The molecule has 1 aromatic carbocycles. The summed E-state index contributed by atoms with van der Waals surface area (Å²) in [5.74, 6) is 0. The number of rotatable bonds is 4. The zero-order valence-corrected chi connectivity index (χ0v) is 12.9. The standard InChI is InChI=1S/C18H19N3O/c1-14-8-9-17-19-16(10-18(22)21(17)11-14)13-20(2)12-15-6-4-3-5-7-15/h3-11H,12-13H2,1-2H3/p+1. The van der Waals surface area contributed by atoms with Gasteiger partial charge < -0.3 is 4.90 Å². The first kappa shape index (κ1) is 14.5. The highest BCUT2D eigenvalue weighted by Gasteiger charge is 2.09. The average molecular weight is 294 g/mol. The quantitative estimate of drug-likeness (QED) is 0.786. The number of hydrogen-bond acceptors (Lipinski definition) is 2. The van der Waals surface area contributed by atoms with Gasteiger partial charge in [0.15, 0.2) is 0 Å². The van der Waals surface area contributed by atoms with Gasteiger partial charge in [-0.15, -0.1) is 0 Å². The van der Waals surface area contributed by atoms with E-state index in [4.69, 9.17) is 0 Å². The maximum atomic E-state index is 12.2. The molecule has 0 bridgehead atoms. The molecule has 0 aliphatic heterocycles. The lowest BCUT2D eigenvalue weighted by molar-refractivity contribution is -0.908. The van der Waals surface area contributed by atoms with Gasteiger partial charge >= 0.3 is 0 Å². The largest absolute Gasteiger partial charge is 0.329 e. The van der Waals surface area contributed by atoms with Crippen molar-refractivity contribution in [1.29, 1.82) is 0 Å². The number of pyridine rings is 1. The van der Waals surface area contributed by atoms with E-state index in [9.17, 15) is 4.79 Å². The Labute approximate surface area is 129 Å². The minimum atomic E-state index is -0.0174. The zero-order chi connectivity index (χ0) is 15.5. The van der Waals surface area contributed by atoms with Gasteiger partial charge in [-0.3, -0.25) is 9.20 Å². The lowest BCUT2D eigenvalue weighted by atomic mass is 10.2. The Morgan fingerprint density at radius 1 is 1.09 bits per heavy atom. The predicted octanol–water partition coefficient (Wildman–Crippen LogP) is 1.22. The summed E-state index contributed by atoms with van der Waals surface area (Å²) in [5.41, 5.74) is 3.86. The smallest absolute Gasteiger partial charge is 0.258 e. The summed E-state index contributed by atoms with van der Waals surface area (Å²) >= 11 is 0. The van der Waals surface area contributed by atoms with E-state index >= 15 is 0 Å². The van der Waals surface area contributed by atoms with Crippen molar-refractivity contribution in [2.75, 3.05) is 7.05 Å². The van der Waals surface area contributed by atoms with Crippen LogP contribution in [0.4, 0.5) is 0 Å². The molecule has 0 amide bonds. The number of aromatic nitrogens is 2. The van der Waals surface area contributed by atoms with Gasteiger partial charge in [-0.2, -0.15) is 0 Å². The SMILES string of the molecule is Cc1ccc2nc(C[NH+](C)Cc3ccccc3)cc(=O)n2c1. The average Bonchev–Trinajstić information content (AvgIpc) is 2.49. The molecule has 3 aromatic rings. The Morgan fingerprint density at radius 2 is 1.86 bits per heavy atom. The second-order valence-corrected chi connectivity index (χ2v) is 5.82. The molecule has 0 spiro atoms. The van der Waals surface area contributed by atoms with Crippen molar-refractivity contribution < 1.29 is 4.90 Å². The Balaban J connectivity index is 1.82. The van der Waals surface area contributed by atoms with E-state index in [2.05, 4.69) is 24.2 Å². The van der Waals surface area contributed by atoms with Crippen molar-refractivity contribution in [3.8, 4) is 0 Å². The molecule has 3 rings (SSSR count). The van der Waals surface area contributed by atoms with Crippen molar-refractivity contribution in [3.05, 3.63) is 81.9 Å². The third kappa shape index (κ3) is 3.23. The van der Waals surface area contributed by atoms with Crippen molar-refractivity contribution in [2.45, 2.75) is 20.0 Å².